The lowest BCUT2D eigenvalue weighted by Gasteiger charge is -2.24. The first-order chi connectivity index (χ1) is 11.3. The second kappa shape index (κ2) is 9.32. The highest BCUT2D eigenvalue weighted by atomic mass is 19.1. The molecule has 1 aromatic carbocycles. The third-order valence-corrected chi connectivity index (χ3v) is 3.71. The first-order valence-corrected chi connectivity index (χ1v) is 7.87. The summed E-state index contributed by atoms with van der Waals surface area (Å²) in [5, 5.41) is 14.2. The smallest absolute Gasteiger partial charge is 0.222 e. The van der Waals surface area contributed by atoms with Gasteiger partial charge in [0.2, 0.25) is 11.8 Å². The van der Waals surface area contributed by atoms with Gasteiger partial charge in [0.05, 0.1) is 12.5 Å². The highest BCUT2D eigenvalue weighted by molar-refractivity contribution is 5.79. The van der Waals surface area contributed by atoms with Crippen LogP contribution >= 0.6 is 0 Å². The number of carbonyl (C=O) groups is 2. The van der Waals surface area contributed by atoms with Gasteiger partial charge in [-0.3, -0.25) is 9.59 Å². The standard InChI is InChI=1S/C17H24F2N2O3/c1-10(2)14(7-8-22)21-16(24)9-15(20-11(3)23)17-12(18)5-4-6-13(17)19/h4-6,10,14-15,22H,7-9H2,1-3H3,(H,20,23)(H,21,24). The summed E-state index contributed by atoms with van der Waals surface area (Å²) >= 11 is 0. The van der Waals surface area contributed by atoms with Crippen molar-refractivity contribution < 1.29 is 23.5 Å². The van der Waals surface area contributed by atoms with E-state index < -0.39 is 29.5 Å². The van der Waals surface area contributed by atoms with Crippen LogP contribution in [0.3, 0.4) is 0 Å². The summed E-state index contributed by atoms with van der Waals surface area (Å²) in [6.45, 7) is 4.91. The van der Waals surface area contributed by atoms with Gasteiger partial charge in [-0.15, -0.1) is 0 Å². The Morgan fingerprint density at radius 2 is 1.75 bits per heavy atom. The van der Waals surface area contributed by atoms with E-state index >= 15 is 0 Å². The molecule has 7 heteroatoms. The van der Waals surface area contributed by atoms with Crippen molar-refractivity contribution in [3.8, 4) is 0 Å². The summed E-state index contributed by atoms with van der Waals surface area (Å²) in [5.41, 5.74) is -0.342. The van der Waals surface area contributed by atoms with E-state index in [9.17, 15) is 18.4 Å². The summed E-state index contributed by atoms with van der Waals surface area (Å²) in [6, 6.07) is 2.01. The summed E-state index contributed by atoms with van der Waals surface area (Å²) < 4.78 is 27.9. The van der Waals surface area contributed by atoms with Crippen LogP contribution in [0.4, 0.5) is 8.78 Å². The Kier molecular flexibility index (Phi) is 7.78. The van der Waals surface area contributed by atoms with Gasteiger partial charge < -0.3 is 15.7 Å². The molecular weight excluding hydrogens is 318 g/mol. The molecule has 2 amide bonds. The highest BCUT2D eigenvalue weighted by Gasteiger charge is 2.25. The number of nitrogens with one attached hydrogen (secondary N) is 2. The van der Waals surface area contributed by atoms with Gasteiger partial charge in [-0.2, -0.15) is 0 Å². The molecule has 3 N–H and O–H groups in total. The third-order valence-electron chi connectivity index (χ3n) is 3.71. The predicted molar refractivity (Wildman–Crippen MR) is 86.0 cm³/mol. The van der Waals surface area contributed by atoms with Crippen LogP contribution in [-0.2, 0) is 9.59 Å². The van der Waals surface area contributed by atoms with Crippen molar-refractivity contribution in [1.29, 1.82) is 0 Å². The van der Waals surface area contributed by atoms with E-state index in [2.05, 4.69) is 10.6 Å². The maximum atomic E-state index is 14.0. The van der Waals surface area contributed by atoms with Crippen molar-refractivity contribution in [2.45, 2.75) is 45.7 Å². The summed E-state index contributed by atoms with van der Waals surface area (Å²) in [6.07, 6.45) is 0.0777. The maximum Gasteiger partial charge on any atom is 0.222 e. The van der Waals surface area contributed by atoms with E-state index in [1.165, 1.54) is 13.0 Å². The lowest BCUT2D eigenvalue weighted by atomic mass is 9.99. The third kappa shape index (κ3) is 5.88. The zero-order valence-electron chi connectivity index (χ0n) is 14.1. The normalized spacial score (nSPS) is 13.5. The van der Waals surface area contributed by atoms with Gasteiger partial charge in [-0.05, 0) is 24.5 Å². The number of rotatable bonds is 8. The van der Waals surface area contributed by atoms with Crippen molar-refractivity contribution in [2.24, 2.45) is 5.92 Å². The Hall–Kier alpha value is -2.02. The minimum absolute atomic E-state index is 0.0831. The molecule has 0 aliphatic rings. The number of halogens is 2. The van der Waals surface area contributed by atoms with Crippen LogP contribution in [0, 0.1) is 17.6 Å². The largest absolute Gasteiger partial charge is 0.396 e. The van der Waals surface area contributed by atoms with Gasteiger partial charge >= 0.3 is 0 Å². The molecule has 24 heavy (non-hydrogen) atoms. The Balaban J connectivity index is 2.94. The molecule has 0 heterocycles. The van der Waals surface area contributed by atoms with E-state index in [0.29, 0.717) is 6.42 Å². The minimum atomic E-state index is -1.11. The highest BCUT2D eigenvalue weighted by Crippen LogP contribution is 2.23. The van der Waals surface area contributed by atoms with Crippen LogP contribution in [0.5, 0.6) is 0 Å². The van der Waals surface area contributed by atoms with Crippen LogP contribution in [0.15, 0.2) is 18.2 Å². The van der Waals surface area contributed by atoms with Crippen LogP contribution in [-0.4, -0.2) is 29.6 Å². The van der Waals surface area contributed by atoms with Crippen LogP contribution < -0.4 is 10.6 Å². The lowest BCUT2D eigenvalue weighted by molar-refractivity contribution is -0.123. The van der Waals surface area contributed by atoms with Gasteiger partial charge in [0, 0.05) is 25.1 Å². The SMILES string of the molecule is CC(=O)NC(CC(=O)NC(CCO)C(C)C)c1c(F)cccc1F. The Labute approximate surface area is 140 Å². The molecule has 2 unspecified atom stereocenters. The molecule has 0 radical (unpaired) electrons. The lowest BCUT2D eigenvalue weighted by Crippen LogP contribution is -2.41. The second-order valence-corrected chi connectivity index (χ2v) is 6.02. The van der Waals surface area contributed by atoms with Gasteiger partial charge in [-0.1, -0.05) is 19.9 Å². The predicted octanol–water partition coefficient (Wildman–Crippen LogP) is 2.06. The molecule has 1 aromatic rings. The average Bonchev–Trinajstić information content (AvgIpc) is 2.45. The maximum absolute atomic E-state index is 14.0. The quantitative estimate of drug-likeness (QED) is 0.677. The van der Waals surface area contributed by atoms with Gasteiger partial charge in [-0.25, -0.2) is 8.78 Å². The average molecular weight is 342 g/mol. The van der Waals surface area contributed by atoms with Gasteiger partial charge in [0.15, 0.2) is 0 Å². The number of aliphatic hydroxyl groups excluding tert-OH is 1. The molecule has 0 saturated heterocycles. The number of hydrogen-bond acceptors (Lipinski definition) is 3. The van der Waals surface area contributed by atoms with Crippen molar-refractivity contribution >= 4 is 11.8 Å². The Morgan fingerprint density at radius 3 is 2.21 bits per heavy atom. The zero-order chi connectivity index (χ0) is 18.3. The van der Waals surface area contributed by atoms with Crippen LogP contribution in [0.1, 0.15) is 45.2 Å². The minimum Gasteiger partial charge on any atom is -0.396 e. The molecule has 0 aliphatic carbocycles. The summed E-state index contributed by atoms with van der Waals surface area (Å²) in [7, 11) is 0. The molecule has 0 saturated carbocycles. The Bertz CT molecular complexity index is 559. The first kappa shape index (κ1) is 20.0. The molecule has 0 fully saturated rings. The molecule has 0 spiro atoms. The number of amides is 2. The van der Waals surface area contributed by atoms with Crippen LogP contribution in [0.2, 0.25) is 0 Å². The summed E-state index contributed by atoms with van der Waals surface area (Å²) in [4.78, 5) is 23.6. The number of benzene rings is 1. The van der Waals surface area contributed by atoms with Crippen molar-refractivity contribution in [2.75, 3.05) is 6.61 Å². The number of carbonyl (C=O) groups excluding carboxylic acids is 2. The summed E-state index contributed by atoms with van der Waals surface area (Å²) in [5.74, 6) is -2.50. The van der Waals surface area contributed by atoms with E-state index in [1.54, 1.807) is 0 Å². The van der Waals surface area contributed by atoms with Crippen molar-refractivity contribution in [3.05, 3.63) is 35.4 Å². The van der Waals surface area contributed by atoms with E-state index in [0.717, 1.165) is 12.1 Å². The monoisotopic (exact) mass is 342 g/mol. The molecule has 2 atom stereocenters. The second-order valence-electron chi connectivity index (χ2n) is 6.02. The molecule has 0 aliphatic heterocycles. The fourth-order valence-corrected chi connectivity index (χ4v) is 2.48. The van der Waals surface area contributed by atoms with Gasteiger partial charge in [0.25, 0.3) is 0 Å². The van der Waals surface area contributed by atoms with E-state index in [1.807, 2.05) is 13.8 Å². The van der Waals surface area contributed by atoms with E-state index in [4.69, 9.17) is 5.11 Å². The fourth-order valence-electron chi connectivity index (χ4n) is 2.48. The molecule has 5 nitrogen and oxygen atoms in total. The zero-order valence-corrected chi connectivity index (χ0v) is 14.1. The van der Waals surface area contributed by atoms with Crippen molar-refractivity contribution in [1.82, 2.24) is 10.6 Å². The molecule has 0 bridgehead atoms. The molecule has 1 rings (SSSR count). The van der Waals surface area contributed by atoms with Crippen molar-refractivity contribution in [3.63, 3.8) is 0 Å². The van der Waals surface area contributed by atoms with E-state index in [-0.39, 0.29) is 30.6 Å². The Morgan fingerprint density at radius 1 is 1.17 bits per heavy atom. The van der Waals surface area contributed by atoms with Gasteiger partial charge in [0.1, 0.15) is 11.6 Å². The fraction of sp³-hybridized carbons (Fsp3) is 0.529. The molecule has 134 valence electrons. The van der Waals surface area contributed by atoms with Crippen LogP contribution in [0.25, 0.3) is 0 Å². The topological polar surface area (TPSA) is 78.4 Å². The molecule has 0 aromatic heterocycles. The number of aliphatic hydroxyl groups is 1. The first-order valence-electron chi connectivity index (χ1n) is 7.87. The number of hydrogen-bond donors (Lipinski definition) is 3. The molecular formula is C17H24F2N2O3.